The molecular formula is C24H18F2N2O4. The summed E-state index contributed by atoms with van der Waals surface area (Å²) in [5.74, 6) is -4.33. The molecule has 0 bridgehead atoms. The zero-order valence-electron chi connectivity index (χ0n) is 17.2. The number of methoxy groups -OCH3 is 1. The summed E-state index contributed by atoms with van der Waals surface area (Å²) < 4.78 is 32.8. The summed E-state index contributed by atoms with van der Waals surface area (Å²) >= 11 is 0. The fraction of sp³-hybridized carbons (Fsp3) is 0.125. The van der Waals surface area contributed by atoms with E-state index in [4.69, 9.17) is 4.74 Å². The molecule has 0 saturated carbocycles. The van der Waals surface area contributed by atoms with Crippen LogP contribution in [0.5, 0.6) is 5.75 Å². The molecule has 1 aliphatic rings. The zero-order valence-corrected chi connectivity index (χ0v) is 17.2. The number of rotatable bonds is 4. The number of ether oxygens (including phenoxy) is 1. The number of amides is 1. The molecule has 0 spiro atoms. The van der Waals surface area contributed by atoms with Crippen LogP contribution in [0.1, 0.15) is 22.7 Å². The third kappa shape index (κ3) is 3.49. The number of hydrogen-bond donors (Lipinski definition) is 1. The first-order chi connectivity index (χ1) is 15.3. The number of nitrogens with zero attached hydrogens (tertiary/aromatic N) is 2. The predicted octanol–water partition coefficient (Wildman–Crippen LogP) is 4.30. The van der Waals surface area contributed by atoms with Crippen molar-refractivity contribution < 1.29 is 28.2 Å². The first kappa shape index (κ1) is 21.2. The first-order valence-electron chi connectivity index (χ1n) is 9.64. The molecule has 1 unspecified atom stereocenters. The SMILES string of the molecule is COc1ccc(C)cc1/C(O)=C1\C(=O)C(=O)N(c2ccc(F)c(F)c2)C1c1ccncc1. The maximum Gasteiger partial charge on any atom is 0.300 e. The highest BCUT2D eigenvalue weighted by atomic mass is 19.2. The standard InChI is InChI=1S/C24H18F2N2O4/c1-13-3-6-19(32-2)16(11-13)22(29)20-21(14-7-9-27-10-8-14)28(24(31)23(20)30)15-4-5-17(25)18(26)12-15/h3-12,21,29H,1-2H3/b22-20+. The Hall–Kier alpha value is -4.07. The van der Waals surface area contributed by atoms with E-state index < -0.39 is 35.1 Å². The van der Waals surface area contributed by atoms with Gasteiger partial charge in [0.25, 0.3) is 11.7 Å². The fourth-order valence-corrected chi connectivity index (χ4v) is 3.75. The molecule has 1 N–H and O–H groups in total. The van der Waals surface area contributed by atoms with Crippen LogP contribution in [0.2, 0.25) is 0 Å². The van der Waals surface area contributed by atoms with E-state index in [0.717, 1.165) is 22.6 Å². The van der Waals surface area contributed by atoms with Gasteiger partial charge in [-0.15, -0.1) is 0 Å². The van der Waals surface area contributed by atoms with Crippen molar-refractivity contribution in [1.29, 1.82) is 0 Å². The minimum Gasteiger partial charge on any atom is -0.507 e. The van der Waals surface area contributed by atoms with Gasteiger partial charge in [0.1, 0.15) is 11.5 Å². The van der Waals surface area contributed by atoms with Gasteiger partial charge in [0, 0.05) is 24.1 Å². The highest BCUT2D eigenvalue weighted by molar-refractivity contribution is 6.51. The molecule has 1 amide bonds. The van der Waals surface area contributed by atoms with Gasteiger partial charge in [-0.1, -0.05) is 11.6 Å². The maximum absolute atomic E-state index is 14.0. The third-order valence-electron chi connectivity index (χ3n) is 5.26. The van der Waals surface area contributed by atoms with E-state index in [1.807, 2.05) is 0 Å². The largest absolute Gasteiger partial charge is 0.507 e. The molecule has 1 atom stereocenters. The number of Topliss-reactive ketones (excluding diaryl/α,β-unsaturated/α-hetero) is 1. The summed E-state index contributed by atoms with van der Waals surface area (Å²) in [7, 11) is 1.42. The Balaban J connectivity index is 1.98. The fourth-order valence-electron chi connectivity index (χ4n) is 3.75. The monoisotopic (exact) mass is 436 g/mol. The number of carbonyl (C=O) groups excluding carboxylic acids is 2. The average molecular weight is 436 g/mol. The number of pyridine rings is 1. The van der Waals surface area contributed by atoms with Crippen LogP contribution in [0.25, 0.3) is 5.76 Å². The third-order valence-corrected chi connectivity index (χ3v) is 5.26. The highest BCUT2D eigenvalue weighted by Gasteiger charge is 2.47. The van der Waals surface area contributed by atoms with Crippen LogP contribution in [-0.4, -0.2) is 28.9 Å². The van der Waals surface area contributed by atoms with Crippen molar-refractivity contribution in [2.24, 2.45) is 0 Å². The van der Waals surface area contributed by atoms with Crippen molar-refractivity contribution >= 4 is 23.1 Å². The molecule has 32 heavy (non-hydrogen) atoms. The van der Waals surface area contributed by atoms with Gasteiger partial charge < -0.3 is 9.84 Å². The Kier molecular flexibility index (Phi) is 5.44. The molecule has 6 nitrogen and oxygen atoms in total. The van der Waals surface area contributed by atoms with Crippen LogP contribution in [0.15, 0.2) is 66.5 Å². The molecule has 1 fully saturated rings. The molecular weight excluding hydrogens is 418 g/mol. The normalized spacial score (nSPS) is 17.6. The molecule has 162 valence electrons. The second kappa shape index (κ2) is 8.22. The number of aliphatic hydroxyl groups is 1. The molecule has 1 aliphatic heterocycles. The van der Waals surface area contributed by atoms with Gasteiger partial charge >= 0.3 is 0 Å². The van der Waals surface area contributed by atoms with Gasteiger partial charge in [-0.3, -0.25) is 19.5 Å². The summed E-state index contributed by atoms with van der Waals surface area (Å²) in [5.41, 5.74) is 1.26. The van der Waals surface area contributed by atoms with E-state index in [9.17, 15) is 23.5 Å². The lowest BCUT2D eigenvalue weighted by molar-refractivity contribution is -0.132. The highest BCUT2D eigenvalue weighted by Crippen LogP contribution is 2.43. The number of aromatic nitrogens is 1. The molecule has 0 aliphatic carbocycles. The lowest BCUT2D eigenvalue weighted by atomic mass is 9.95. The van der Waals surface area contributed by atoms with Crippen LogP contribution in [0.3, 0.4) is 0 Å². The Morgan fingerprint density at radius 1 is 1.03 bits per heavy atom. The smallest absolute Gasteiger partial charge is 0.300 e. The second-order valence-corrected chi connectivity index (χ2v) is 7.25. The quantitative estimate of drug-likeness (QED) is 0.375. The van der Waals surface area contributed by atoms with E-state index in [2.05, 4.69) is 4.98 Å². The Morgan fingerprint density at radius 3 is 2.41 bits per heavy atom. The van der Waals surface area contributed by atoms with Gasteiger partial charge in [-0.2, -0.15) is 0 Å². The maximum atomic E-state index is 14.0. The van der Waals surface area contributed by atoms with Crippen molar-refractivity contribution in [3.05, 3.63) is 94.8 Å². The number of carbonyl (C=O) groups is 2. The van der Waals surface area contributed by atoms with Crippen LogP contribution >= 0.6 is 0 Å². The van der Waals surface area contributed by atoms with E-state index in [1.165, 1.54) is 25.6 Å². The van der Waals surface area contributed by atoms with Gasteiger partial charge in [0.2, 0.25) is 0 Å². The van der Waals surface area contributed by atoms with Crippen LogP contribution < -0.4 is 9.64 Å². The van der Waals surface area contributed by atoms with Crippen molar-refractivity contribution in [1.82, 2.24) is 4.98 Å². The summed E-state index contributed by atoms with van der Waals surface area (Å²) in [4.78, 5) is 31.1. The zero-order chi connectivity index (χ0) is 23.0. The van der Waals surface area contributed by atoms with Crippen molar-refractivity contribution in [3.63, 3.8) is 0 Å². The van der Waals surface area contributed by atoms with Crippen molar-refractivity contribution in [2.75, 3.05) is 12.0 Å². The second-order valence-electron chi connectivity index (χ2n) is 7.25. The van der Waals surface area contributed by atoms with Crippen LogP contribution in [-0.2, 0) is 9.59 Å². The topological polar surface area (TPSA) is 79.7 Å². The molecule has 3 aromatic rings. The van der Waals surface area contributed by atoms with Gasteiger partial charge in [0.05, 0.1) is 24.3 Å². The summed E-state index contributed by atoms with van der Waals surface area (Å²) in [5, 5.41) is 11.2. The lowest BCUT2D eigenvalue weighted by Crippen LogP contribution is -2.29. The van der Waals surface area contributed by atoms with E-state index >= 15 is 0 Å². The Labute approximate surface area is 182 Å². The lowest BCUT2D eigenvalue weighted by Gasteiger charge is -2.25. The summed E-state index contributed by atoms with van der Waals surface area (Å²) in [6.45, 7) is 1.80. The molecule has 2 heterocycles. The molecule has 8 heteroatoms. The van der Waals surface area contributed by atoms with Crippen LogP contribution in [0, 0.1) is 18.6 Å². The van der Waals surface area contributed by atoms with Gasteiger partial charge in [-0.05, 0) is 48.9 Å². The average Bonchev–Trinajstić information content (AvgIpc) is 3.06. The predicted molar refractivity (Wildman–Crippen MR) is 113 cm³/mol. The number of anilines is 1. The molecule has 4 rings (SSSR count). The first-order valence-corrected chi connectivity index (χ1v) is 9.64. The van der Waals surface area contributed by atoms with E-state index in [0.29, 0.717) is 11.3 Å². The number of halogens is 2. The number of benzene rings is 2. The summed E-state index contributed by atoms with van der Waals surface area (Å²) in [6, 6.07) is 10.0. The Bertz CT molecular complexity index is 1260. The minimum atomic E-state index is -1.17. The molecule has 0 radical (unpaired) electrons. The minimum absolute atomic E-state index is 0.0249. The van der Waals surface area contributed by atoms with Crippen molar-refractivity contribution in [3.8, 4) is 5.75 Å². The van der Waals surface area contributed by atoms with E-state index in [-0.39, 0.29) is 16.8 Å². The van der Waals surface area contributed by atoms with Crippen LogP contribution in [0.4, 0.5) is 14.5 Å². The molecule has 1 aromatic heterocycles. The number of aryl methyl sites for hydroxylation is 1. The summed E-state index contributed by atoms with van der Waals surface area (Å²) in [6.07, 6.45) is 2.93. The Morgan fingerprint density at radius 2 is 1.75 bits per heavy atom. The van der Waals surface area contributed by atoms with Crippen molar-refractivity contribution in [2.45, 2.75) is 13.0 Å². The van der Waals surface area contributed by atoms with E-state index in [1.54, 1.807) is 37.3 Å². The molecule has 1 saturated heterocycles. The van der Waals surface area contributed by atoms with Gasteiger partial charge in [-0.25, -0.2) is 8.78 Å². The number of aliphatic hydroxyl groups excluding tert-OH is 1. The molecule has 2 aromatic carbocycles. The number of ketones is 1. The van der Waals surface area contributed by atoms with Gasteiger partial charge in [0.15, 0.2) is 11.6 Å². The number of hydrogen-bond acceptors (Lipinski definition) is 5.